The molecule has 2 aliphatic carbocycles. The fraction of sp³-hybridized carbons (Fsp3) is 0.714. The third-order valence-electron chi connectivity index (χ3n) is 3.81. The van der Waals surface area contributed by atoms with Crippen molar-refractivity contribution < 1.29 is 0 Å². The van der Waals surface area contributed by atoms with Gasteiger partial charge in [-0.15, -0.1) is 0 Å². The minimum absolute atomic E-state index is 0.524. The standard InChI is InChI=1S/C14H20ClN3/c1-2-11(7-9-3-4-9)16-13-8-12(15)17-14(18-13)10-5-6-10/h8-11H,2-7H2,1H3,(H,16,17,18). The molecule has 0 aliphatic heterocycles. The quantitative estimate of drug-likeness (QED) is 0.790. The SMILES string of the molecule is CCC(CC1CC1)Nc1cc(Cl)nc(C2CC2)n1. The first-order chi connectivity index (χ1) is 8.74. The highest BCUT2D eigenvalue weighted by atomic mass is 35.5. The molecule has 0 spiro atoms. The number of halogens is 1. The van der Waals surface area contributed by atoms with Gasteiger partial charge in [0.2, 0.25) is 0 Å². The monoisotopic (exact) mass is 265 g/mol. The van der Waals surface area contributed by atoms with Gasteiger partial charge in [-0.2, -0.15) is 0 Å². The van der Waals surface area contributed by atoms with Crippen LogP contribution in [0.2, 0.25) is 5.15 Å². The van der Waals surface area contributed by atoms with Gasteiger partial charge in [-0.1, -0.05) is 31.4 Å². The van der Waals surface area contributed by atoms with Crippen molar-refractivity contribution in [1.82, 2.24) is 9.97 Å². The Morgan fingerprint density at radius 3 is 2.72 bits per heavy atom. The van der Waals surface area contributed by atoms with Crippen molar-refractivity contribution in [2.75, 3.05) is 5.32 Å². The van der Waals surface area contributed by atoms with E-state index in [0.717, 1.165) is 24.0 Å². The summed E-state index contributed by atoms with van der Waals surface area (Å²) in [6, 6.07) is 2.37. The Bertz CT molecular complexity index is 427. The second-order valence-electron chi connectivity index (χ2n) is 5.64. The van der Waals surface area contributed by atoms with Gasteiger partial charge in [0.25, 0.3) is 0 Å². The van der Waals surface area contributed by atoms with Gasteiger partial charge in [0.05, 0.1) is 0 Å². The van der Waals surface area contributed by atoms with E-state index in [-0.39, 0.29) is 0 Å². The van der Waals surface area contributed by atoms with Crippen LogP contribution in [-0.2, 0) is 0 Å². The number of hydrogen-bond donors (Lipinski definition) is 1. The summed E-state index contributed by atoms with van der Waals surface area (Å²) in [6.45, 7) is 2.23. The Morgan fingerprint density at radius 1 is 1.33 bits per heavy atom. The highest BCUT2D eigenvalue weighted by molar-refractivity contribution is 6.29. The molecule has 1 aromatic heterocycles. The summed E-state index contributed by atoms with van der Waals surface area (Å²) in [4.78, 5) is 8.92. The largest absolute Gasteiger partial charge is 0.367 e. The summed E-state index contributed by atoms with van der Waals surface area (Å²) in [5, 5.41) is 4.09. The number of nitrogens with one attached hydrogen (secondary N) is 1. The van der Waals surface area contributed by atoms with Gasteiger partial charge in [-0.3, -0.25) is 0 Å². The van der Waals surface area contributed by atoms with E-state index in [9.17, 15) is 0 Å². The summed E-state index contributed by atoms with van der Waals surface area (Å²) in [5.41, 5.74) is 0. The maximum atomic E-state index is 6.08. The first-order valence-electron chi connectivity index (χ1n) is 7.05. The number of aromatic nitrogens is 2. The average Bonchev–Trinajstić information content (AvgIpc) is 3.20. The summed E-state index contributed by atoms with van der Waals surface area (Å²) < 4.78 is 0. The summed E-state index contributed by atoms with van der Waals surface area (Å²) in [5.74, 6) is 3.31. The number of nitrogens with zero attached hydrogens (tertiary/aromatic N) is 2. The van der Waals surface area contributed by atoms with Crippen LogP contribution in [0.3, 0.4) is 0 Å². The van der Waals surface area contributed by atoms with Crippen molar-refractivity contribution in [1.29, 1.82) is 0 Å². The van der Waals surface area contributed by atoms with Crippen LogP contribution in [0.5, 0.6) is 0 Å². The van der Waals surface area contributed by atoms with Crippen LogP contribution in [0.15, 0.2) is 6.07 Å². The van der Waals surface area contributed by atoms with Gasteiger partial charge in [0, 0.05) is 18.0 Å². The molecular weight excluding hydrogens is 246 g/mol. The van der Waals surface area contributed by atoms with Gasteiger partial charge in [0.1, 0.15) is 16.8 Å². The molecule has 2 aliphatic rings. The minimum Gasteiger partial charge on any atom is -0.367 e. The van der Waals surface area contributed by atoms with E-state index in [4.69, 9.17) is 11.6 Å². The maximum absolute atomic E-state index is 6.08. The molecule has 3 rings (SSSR count). The van der Waals surface area contributed by atoms with Crippen molar-refractivity contribution in [2.24, 2.45) is 5.92 Å². The molecule has 1 N–H and O–H groups in total. The lowest BCUT2D eigenvalue weighted by atomic mass is 10.1. The zero-order valence-corrected chi connectivity index (χ0v) is 11.6. The number of hydrogen-bond acceptors (Lipinski definition) is 3. The molecule has 1 atom stereocenters. The molecule has 2 fully saturated rings. The Balaban J connectivity index is 1.69. The second-order valence-corrected chi connectivity index (χ2v) is 6.02. The predicted molar refractivity (Wildman–Crippen MR) is 74.1 cm³/mol. The zero-order valence-electron chi connectivity index (χ0n) is 10.8. The van der Waals surface area contributed by atoms with Crippen molar-refractivity contribution in [3.05, 3.63) is 17.0 Å². The van der Waals surface area contributed by atoms with E-state index in [2.05, 4.69) is 22.2 Å². The van der Waals surface area contributed by atoms with Crippen molar-refractivity contribution >= 4 is 17.4 Å². The molecule has 98 valence electrons. The zero-order chi connectivity index (χ0) is 12.5. The summed E-state index contributed by atoms with van der Waals surface area (Å²) >= 11 is 6.08. The van der Waals surface area contributed by atoms with E-state index < -0.39 is 0 Å². The van der Waals surface area contributed by atoms with Crippen LogP contribution in [0.4, 0.5) is 5.82 Å². The first-order valence-corrected chi connectivity index (χ1v) is 7.43. The van der Waals surface area contributed by atoms with E-state index in [1.54, 1.807) is 0 Å². The van der Waals surface area contributed by atoms with E-state index in [1.165, 1.54) is 32.1 Å². The Morgan fingerprint density at radius 2 is 2.11 bits per heavy atom. The number of anilines is 1. The molecular formula is C14H20ClN3. The van der Waals surface area contributed by atoms with Gasteiger partial charge < -0.3 is 5.32 Å². The van der Waals surface area contributed by atoms with Gasteiger partial charge in [-0.25, -0.2) is 9.97 Å². The smallest absolute Gasteiger partial charge is 0.135 e. The highest BCUT2D eigenvalue weighted by Gasteiger charge is 2.28. The molecule has 0 amide bonds. The number of rotatable bonds is 6. The molecule has 1 heterocycles. The molecule has 1 aromatic rings. The molecule has 18 heavy (non-hydrogen) atoms. The average molecular weight is 266 g/mol. The molecule has 4 heteroatoms. The Hall–Kier alpha value is -0.830. The Labute approximate surface area is 113 Å². The van der Waals surface area contributed by atoms with Crippen LogP contribution in [0, 0.1) is 5.92 Å². The van der Waals surface area contributed by atoms with Crippen molar-refractivity contribution in [2.45, 2.75) is 57.4 Å². The molecule has 0 bridgehead atoms. The lowest BCUT2D eigenvalue weighted by Crippen LogP contribution is -2.20. The molecule has 0 aromatic carbocycles. The molecule has 3 nitrogen and oxygen atoms in total. The van der Waals surface area contributed by atoms with E-state index in [0.29, 0.717) is 17.1 Å². The normalized spacial score (nSPS) is 20.8. The van der Waals surface area contributed by atoms with Crippen LogP contribution in [-0.4, -0.2) is 16.0 Å². The minimum atomic E-state index is 0.524. The molecule has 0 radical (unpaired) electrons. The molecule has 0 saturated heterocycles. The Kier molecular flexibility index (Phi) is 3.42. The third-order valence-corrected chi connectivity index (χ3v) is 4.01. The first kappa shape index (κ1) is 12.2. The van der Waals surface area contributed by atoms with Crippen LogP contribution >= 0.6 is 11.6 Å². The molecule has 1 unspecified atom stereocenters. The topological polar surface area (TPSA) is 37.8 Å². The fourth-order valence-electron chi connectivity index (χ4n) is 2.33. The summed E-state index contributed by atoms with van der Waals surface area (Å²) in [6.07, 6.45) is 7.61. The van der Waals surface area contributed by atoms with Crippen LogP contribution in [0.1, 0.15) is 57.2 Å². The van der Waals surface area contributed by atoms with Crippen molar-refractivity contribution in [3.8, 4) is 0 Å². The highest BCUT2D eigenvalue weighted by Crippen LogP contribution is 2.39. The predicted octanol–water partition coefficient (Wildman–Crippen LogP) is 4.00. The second kappa shape index (κ2) is 5.04. The maximum Gasteiger partial charge on any atom is 0.135 e. The molecule has 2 saturated carbocycles. The van der Waals surface area contributed by atoms with Crippen LogP contribution in [0.25, 0.3) is 0 Å². The van der Waals surface area contributed by atoms with Gasteiger partial charge in [0.15, 0.2) is 0 Å². The van der Waals surface area contributed by atoms with E-state index in [1.807, 2.05) is 6.07 Å². The van der Waals surface area contributed by atoms with Gasteiger partial charge in [-0.05, 0) is 31.6 Å². The van der Waals surface area contributed by atoms with Crippen molar-refractivity contribution in [3.63, 3.8) is 0 Å². The van der Waals surface area contributed by atoms with Gasteiger partial charge >= 0.3 is 0 Å². The third kappa shape index (κ3) is 3.14. The fourth-order valence-corrected chi connectivity index (χ4v) is 2.52. The lowest BCUT2D eigenvalue weighted by Gasteiger charge is -2.17. The van der Waals surface area contributed by atoms with E-state index >= 15 is 0 Å². The van der Waals surface area contributed by atoms with Crippen LogP contribution < -0.4 is 5.32 Å². The summed E-state index contributed by atoms with van der Waals surface area (Å²) in [7, 11) is 0. The lowest BCUT2D eigenvalue weighted by molar-refractivity contribution is 0.584.